The number of esters is 1. The van der Waals surface area contributed by atoms with E-state index in [4.69, 9.17) is 9.47 Å². The topological polar surface area (TPSA) is 84.9 Å². The van der Waals surface area contributed by atoms with E-state index < -0.39 is 23.3 Å². The Labute approximate surface area is 198 Å². The lowest BCUT2D eigenvalue weighted by atomic mass is 9.93. The number of nitrogens with one attached hydrogen (secondary N) is 1. The summed E-state index contributed by atoms with van der Waals surface area (Å²) in [6.07, 6.45) is 0.496. The summed E-state index contributed by atoms with van der Waals surface area (Å²) in [6.45, 7) is 1.29. The Morgan fingerprint density at radius 1 is 0.853 bits per heavy atom. The lowest BCUT2D eigenvalue weighted by Crippen LogP contribution is -2.64. The van der Waals surface area contributed by atoms with Crippen LogP contribution in [0.4, 0.5) is 0 Å². The molecule has 0 bridgehead atoms. The molecule has 0 atom stereocenters. The summed E-state index contributed by atoms with van der Waals surface area (Å²) in [5.74, 6) is -0.949. The summed E-state index contributed by atoms with van der Waals surface area (Å²) in [7, 11) is 2.80. The molecule has 0 saturated carbocycles. The van der Waals surface area contributed by atoms with Gasteiger partial charge in [0, 0.05) is 25.3 Å². The number of hydrogen-bond acceptors (Lipinski definition) is 5. The molecule has 2 aromatic carbocycles. The molecule has 2 amide bonds. The van der Waals surface area contributed by atoms with Crippen molar-refractivity contribution in [2.75, 3.05) is 14.2 Å². The van der Waals surface area contributed by atoms with E-state index in [1.807, 2.05) is 24.3 Å². The molecule has 174 valence electrons. The molecular weight excluding hydrogens is 432 g/mol. The summed E-state index contributed by atoms with van der Waals surface area (Å²) in [6, 6.07) is 22.5. The average molecular weight is 459 g/mol. The first-order valence-corrected chi connectivity index (χ1v) is 10.9. The largest absolute Gasteiger partial charge is 0.497 e. The van der Waals surface area contributed by atoms with Crippen molar-refractivity contribution in [1.29, 1.82) is 0 Å². The zero-order valence-corrected chi connectivity index (χ0v) is 19.3. The van der Waals surface area contributed by atoms with Crippen LogP contribution in [0, 0.1) is 0 Å². The number of fused-ring (bicyclic) bond motifs is 2. The van der Waals surface area contributed by atoms with Crippen LogP contribution < -0.4 is 10.2 Å². The summed E-state index contributed by atoms with van der Waals surface area (Å²) >= 11 is 0. The zero-order valence-electron chi connectivity index (χ0n) is 19.3. The van der Waals surface area contributed by atoms with Crippen molar-refractivity contribution < 1.29 is 23.9 Å². The maximum absolute atomic E-state index is 13.3. The predicted octanol–water partition coefficient (Wildman–Crippen LogP) is 3.57. The first-order chi connectivity index (χ1) is 16.4. The smallest absolute Gasteiger partial charge is 0.334 e. The number of rotatable bonds is 4. The molecule has 0 fully saturated rings. The summed E-state index contributed by atoms with van der Waals surface area (Å²) < 4.78 is 10.2. The first kappa shape index (κ1) is 23.0. The van der Waals surface area contributed by atoms with Gasteiger partial charge in [-0.25, -0.2) is 9.80 Å². The van der Waals surface area contributed by atoms with Crippen molar-refractivity contribution >= 4 is 17.8 Å². The van der Waals surface area contributed by atoms with E-state index in [1.165, 1.54) is 32.3 Å². The Morgan fingerprint density at radius 3 is 1.85 bits per heavy atom. The van der Waals surface area contributed by atoms with E-state index in [-0.39, 0.29) is 12.8 Å². The van der Waals surface area contributed by atoms with Crippen molar-refractivity contribution in [2.45, 2.75) is 25.3 Å². The van der Waals surface area contributed by atoms with Gasteiger partial charge < -0.3 is 9.47 Å². The van der Waals surface area contributed by atoms with Crippen LogP contribution in [-0.2, 0) is 27.2 Å². The molecule has 5 rings (SSSR count). The predicted molar refractivity (Wildman–Crippen MR) is 127 cm³/mol. The molecule has 0 saturated heterocycles. The third-order valence-electron chi connectivity index (χ3n) is 6.00. The second-order valence-corrected chi connectivity index (χ2v) is 8.26. The fourth-order valence-corrected chi connectivity index (χ4v) is 4.23. The minimum atomic E-state index is -1.36. The molecule has 3 aliphatic rings. The molecule has 0 aromatic heterocycles. The minimum Gasteiger partial charge on any atom is -0.497 e. The molecule has 7 nitrogen and oxygen atoms in total. The number of carbonyl (C=O) groups is 3. The first-order valence-electron chi connectivity index (χ1n) is 10.9. The molecule has 34 heavy (non-hydrogen) atoms. The molecule has 1 N–H and O–H groups in total. The summed E-state index contributed by atoms with van der Waals surface area (Å²) in [5.41, 5.74) is 6.23. The van der Waals surface area contributed by atoms with Crippen LogP contribution in [0.25, 0.3) is 11.1 Å². The lowest BCUT2D eigenvalue weighted by molar-refractivity contribution is -0.156. The minimum absolute atomic E-state index is 0.248. The standard InChI is InChI=1S/C21H22N2O5.C6H4/c1-14(24)22-23(19(25)15-8-10-18(27-2)11-9-15)21(20(26)28-3)12-16-6-4-5-7-17(16)13-21;1-2-5-4-6(5)3-1/h4-11H,12-13H2,1-3H3,(H,22,24);1-4H. The third-order valence-corrected chi connectivity index (χ3v) is 6.00. The van der Waals surface area contributed by atoms with Crippen LogP contribution >= 0.6 is 0 Å². The molecule has 0 unspecified atom stereocenters. The van der Waals surface area contributed by atoms with Crippen LogP contribution in [0.2, 0.25) is 0 Å². The highest BCUT2D eigenvalue weighted by Gasteiger charge is 2.52. The second-order valence-electron chi connectivity index (χ2n) is 8.26. The van der Waals surface area contributed by atoms with Gasteiger partial charge >= 0.3 is 5.97 Å². The number of benzene rings is 3. The number of methoxy groups -OCH3 is 2. The van der Waals surface area contributed by atoms with Gasteiger partial charge in [-0.1, -0.05) is 42.5 Å². The van der Waals surface area contributed by atoms with E-state index in [0.717, 1.165) is 16.1 Å². The fraction of sp³-hybridized carbons (Fsp3) is 0.222. The average Bonchev–Trinajstić information content (AvgIpc) is 3.26. The van der Waals surface area contributed by atoms with Crippen LogP contribution in [0.1, 0.15) is 28.4 Å². The van der Waals surface area contributed by atoms with Crippen molar-refractivity contribution in [3.63, 3.8) is 0 Å². The van der Waals surface area contributed by atoms with E-state index in [2.05, 4.69) is 29.7 Å². The molecular formula is C27H26N2O5. The molecule has 7 heteroatoms. The van der Waals surface area contributed by atoms with Gasteiger partial charge in [0.05, 0.1) is 14.2 Å². The quantitative estimate of drug-likeness (QED) is 0.373. The number of nitrogens with zero attached hydrogens (tertiary/aromatic N) is 1. The van der Waals surface area contributed by atoms with Gasteiger partial charge in [0.25, 0.3) is 5.91 Å². The maximum Gasteiger partial charge on any atom is 0.334 e. The number of amides is 2. The SMILES string of the molecule is COC(=O)C1(N(NC(C)=O)C(=O)c2ccc(OC)cc2)Cc2ccccc2C1.c1cc2cc-2c1. The van der Waals surface area contributed by atoms with E-state index in [0.29, 0.717) is 11.3 Å². The Hall–Kier alpha value is -4.13. The van der Waals surface area contributed by atoms with Crippen molar-refractivity contribution in [2.24, 2.45) is 0 Å². The van der Waals surface area contributed by atoms with Gasteiger partial charge in [0.15, 0.2) is 5.54 Å². The molecule has 0 heterocycles. The normalized spacial score (nSPS) is 13.5. The fourth-order valence-electron chi connectivity index (χ4n) is 4.23. The van der Waals surface area contributed by atoms with Gasteiger partial charge in [-0.3, -0.25) is 15.0 Å². The molecule has 3 aliphatic carbocycles. The molecule has 0 aliphatic heterocycles. The summed E-state index contributed by atoms with van der Waals surface area (Å²) in [5, 5.41) is 1.11. The van der Waals surface area contributed by atoms with Gasteiger partial charge in [0.1, 0.15) is 5.75 Å². The highest BCUT2D eigenvalue weighted by Crippen LogP contribution is 2.36. The van der Waals surface area contributed by atoms with Gasteiger partial charge in [-0.05, 0) is 52.6 Å². The van der Waals surface area contributed by atoms with Gasteiger partial charge in [0.2, 0.25) is 5.91 Å². The Kier molecular flexibility index (Phi) is 6.36. The van der Waals surface area contributed by atoms with Crippen molar-refractivity contribution in [1.82, 2.24) is 10.4 Å². The number of hydrogen-bond donors (Lipinski definition) is 1. The Balaban J connectivity index is 0.000000388. The van der Waals surface area contributed by atoms with Gasteiger partial charge in [-0.2, -0.15) is 0 Å². The van der Waals surface area contributed by atoms with Crippen LogP contribution in [0.15, 0.2) is 72.8 Å². The summed E-state index contributed by atoms with van der Waals surface area (Å²) in [4.78, 5) is 38.1. The Bertz CT molecular complexity index is 1190. The van der Waals surface area contributed by atoms with Crippen molar-refractivity contribution in [3.8, 4) is 16.9 Å². The lowest BCUT2D eigenvalue weighted by Gasteiger charge is -2.38. The maximum atomic E-state index is 13.3. The third kappa shape index (κ3) is 4.50. The monoisotopic (exact) mass is 458 g/mol. The number of hydrazine groups is 1. The number of ether oxygens (including phenoxy) is 2. The Morgan fingerprint density at radius 2 is 1.44 bits per heavy atom. The van der Waals surface area contributed by atoms with Crippen LogP contribution in [0.3, 0.4) is 0 Å². The molecule has 0 spiro atoms. The molecule has 0 radical (unpaired) electrons. The van der Waals surface area contributed by atoms with E-state index >= 15 is 0 Å². The van der Waals surface area contributed by atoms with Gasteiger partial charge in [-0.15, -0.1) is 0 Å². The highest BCUT2D eigenvalue weighted by atomic mass is 16.5. The second kappa shape index (κ2) is 9.39. The zero-order chi connectivity index (χ0) is 24.3. The van der Waals surface area contributed by atoms with E-state index in [1.54, 1.807) is 24.3 Å². The van der Waals surface area contributed by atoms with Crippen molar-refractivity contribution in [3.05, 3.63) is 89.5 Å². The van der Waals surface area contributed by atoms with Crippen LogP contribution in [-0.4, -0.2) is 42.6 Å². The molecule has 2 aromatic rings. The number of carbonyl (C=O) groups excluding carboxylic acids is 3. The van der Waals surface area contributed by atoms with E-state index in [9.17, 15) is 14.4 Å². The highest BCUT2D eigenvalue weighted by molar-refractivity contribution is 5.99. The van der Waals surface area contributed by atoms with Crippen LogP contribution in [0.5, 0.6) is 5.75 Å².